The van der Waals surface area contributed by atoms with E-state index in [9.17, 15) is 0 Å². The van der Waals surface area contributed by atoms with Gasteiger partial charge in [0.15, 0.2) is 0 Å². The Morgan fingerprint density at radius 3 is 2.32 bits per heavy atom. The first-order valence-corrected chi connectivity index (χ1v) is 9.51. The molecule has 0 fully saturated rings. The van der Waals surface area contributed by atoms with E-state index >= 15 is 0 Å². The summed E-state index contributed by atoms with van der Waals surface area (Å²) in [6.07, 6.45) is 2.86. The van der Waals surface area contributed by atoms with Gasteiger partial charge in [0.05, 0.1) is 12.0 Å². The molecule has 0 bridgehead atoms. The SMILES string of the molecule is C[SiH](C)OC#CC(COc1ccccc1)C(C)(C)C. The van der Waals surface area contributed by atoms with E-state index in [-0.39, 0.29) is 11.3 Å². The molecular formula is C16H24O2Si. The summed E-state index contributed by atoms with van der Waals surface area (Å²) in [7, 11) is -1.08. The second-order valence-corrected chi connectivity index (χ2v) is 8.29. The van der Waals surface area contributed by atoms with Crippen LogP contribution in [0.15, 0.2) is 30.3 Å². The molecule has 0 aromatic heterocycles. The van der Waals surface area contributed by atoms with Crippen molar-refractivity contribution < 1.29 is 9.16 Å². The van der Waals surface area contributed by atoms with E-state index in [4.69, 9.17) is 9.16 Å². The number of hydrogen-bond donors (Lipinski definition) is 0. The average Bonchev–Trinajstić information content (AvgIpc) is 2.33. The maximum Gasteiger partial charge on any atom is 0.244 e. The molecule has 0 spiro atoms. The molecule has 1 aromatic rings. The molecule has 0 heterocycles. The van der Waals surface area contributed by atoms with Gasteiger partial charge in [-0.25, -0.2) is 0 Å². The Balaban J connectivity index is 2.62. The molecule has 0 amide bonds. The highest BCUT2D eigenvalue weighted by Crippen LogP contribution is 2.26. The molecule has 0 saturated heterocycles. The number of rotatable bonds is 4. The van der Waals surface area contributed by atoms with Gasteiger partial charge in [-0.3, -0.25) is 0 Å². The quantitative estimate of drug-likeness (QED) is 0.617. The van der Waals surface area contributed by atoms with Crippen LogP contribution in [0.25, 0.3) is 0 Å². The van der Waals surface area contributed by atoms with Crippen LogP contribution in [-0.4, -0.2) is 15.6 Å². The fraction of sp³-hybridized carbons (Fsp3) is 0.500. The molecular weight excluding hydrogens is 252 g/mol. The van der Waals surface area contributed by atoms with Gasteiger partial charge in [0.2, 0.25) is 9.04 Å². The standard InChI is InChI=1S/C16H24O2Si/c1-16(2,3)14(11-12-18-19(4)5)13-17-15-9-7-6-8-10-15/h6-10,14,19H,13H2,1-5H3. The van der Waals surface area contributed by atoms with Gasteiger partial charge >= 0.3 is 0 Å². The zero-order chi connectivity index (χ0) is 14.3. The summed E-state index contributed by atoms with van der Waals surface area (Å²) in [5, 5.41) is 0. The maximum atomic E-state index is 5.81. The molecule has 1 unspecified atom stereocenters. The minimum atomic E-state index is -1.08. The first kappa shape index (κ1) is 15.7. The molecule has 0 saturated carbocycles. The molecule has 1 rings (SSSR count). The lowest BCUT2D eigenvalue weighted by molar-refractivity contribution is 0.189. The molecule has 0 aliphatic heterocycles. The second-order valence-electron chi connectivity index (χ2n) is 5.96. The van der Waals surface area contributed by atoms with Gasteiger partial charge in [0.25, 0.3) is 0 Å². The largest absolute Gasteiger partial charge is 0.505 e. The molecule has 0 N–H and O–H groups in total. The Bertz CT molecular complexity index is 424. The molecule has 0 aliphatic rings. The number of hydrogen-bond acceptors (Lipinski definition) is 2. The predicted octanol–water partition coefficient (Wildman–Crippen LogP) is 3.69. The van der Waals surface area contributed by atoms with Crippen molar-refractivity contribution in [2.45, 2.75) is 33.9 Å². The van der Waals surface area contributed by atoms with Crippen LogP contribution in [-0.2, 0) is 4.43 Å². The summed E-state index contributed by atoms with van der Waals surface area (Å²) in [4.78, 5) is 0. The van der Waals surface area contributed by atoms with Crippen molar-refractivity contribution in [1.82, 2.24) is 0 Å². The highest BCUT2D eigenvalue weighted by Gasteiger charge is 2.23. The van der Waals surface area contributed by atoms with Crippen molar-refractivity contribution in [3.63, 3.8) is 0 Å². The first-order valence-electron chi connectivity index (χ1n) is 6.73. The van der Waals surface area contributed by atoms with E-state index in [0.717, 1.165) is 5.75 Å². The van der Waals surface area contributed by atoms with Gasteiger partial charge in [-0.05, 0) is 30.6 Å². The summed E-state index contributed by atoms with van der Waals surface area (Å²) >= 11 is 0. The molecule has 0 aliphatic carbocycles. The summed E-state index contributed by atoms with van der Waals surface area (Å²) in [6.45, 7) is 11.3. The number of ether oxygens (including phenoxy) is 1. The van der Waals surface area contributed by atoms with E-state index in [1.165, 1.54) is 0 Å². The minimum absolute atomic E-state index is 0.0731. The van der Waals surface area contributed by atoms with Crippen molar-refractivity contribution in [1.29, 1.82) is 0 Å². The topological polar surface area (TPSA) is 18.5 Å². The highest BCUT2D eigenvalue weighted by molar-refractivity contribution is 6.48. The first-order chi connectivity index (χ1) is 8.89. The monoisotopic (exact) mass is 276 g/mol. The van der Waals surface area contributed by atoms with Crippen LogP contribution in [0.2, 0.25) is 13.1 Å². The molecule has 1 aromatic carbocycles. The van der Waals surface area contributed by atoms with Crippen LogP contribution in [0.5, 0.6) is 5.75 Å². The van der Waals surface area contributed by atoms with Crippen LogP contribution < -0.4 is 4.74 Å². The molecule has 2 nitrogen and oxygen atoms in total. The smallest absolute Gasteiger partial charge is 0.244 e. The minimum Gasteiger partial charge on any atom is -0.505 e. The normalized spacial score (nSPS) is 12.5. The lowest BCUT2D eigenvalue weighted by Gasteiger charge is -2.26. The fourth-order valence-electron chi connectivity index (χ4n) is 1.43. The summed E-state index contributed by atoms with van der Waals surface area (Å²) < 4.78 is 11.2. The third-order valence-corrected chi connectivity index (χ3v) is 3.32. The summed E-state index contributed by atoms with van der Waals surface area (Å²) in [5.41, 5.74) is 0.0731. The van der Waals surface area contributed by atoms with Gasteiger partial charge in [-0.1, -0.05) is 44.9 Å². The Labute approximate surface area is 118 Å². The summed E-state index contributed by atoms with van der Waals surface area (Å²) in [6, 6.07) is 9.85. The Kier molecular flexibility index (Phi) is 5.97. The molecule has 3 heteroatoms. The molecule has 0 radical (unpaired) electrons. The lowest BCUT2D eigenvalue weighted by atomic mass is 9.82. The van der Waals surface area contributed by atoms with Crippen LogP contribution >= 0.6 is 0 Å². The number of benzene rings is 1. The Morgan fingerprint density at radius 1 is 1.16 bits per heavy atom. The van der Waals surface area contributed by atoms with E-state index in [1.54, 1.807) is 0 Å². The second kappa shape index (κ2) is 7.25. The third-order valence-electron chi connectivity index (χ3n) is 2.73. The zero-order valence-corrected chi connectivity index (χ0v) is 13.7. The highest BCUT2D eigenvalue weighted by atomic mass is 28.3. The zero-order valence-electron chi connectivity index (χ0n) is 12.6. The van der Waals surface area contributed by atoms with E-state index in [1.807, 2.05) is 30.3 Å². The van der Waals surface area contributed by atoms with Crippen molar-refractivity contribution in [2.75, 3.05) is 6.61 Å². The van der Waals surface area contributed by atoms with Crippen LogP contribution in [0.4, 0.5) is 0 Å². The Morgan fingerprint density at radius 2 is 1.79 bits per heavy atom. The molecule has 1 atom stereocenters. The van der Waals surface area contributed by atoms with Crippen LogP contribution in [0.3, 0.4) is 0 Å². The van der Waals surface area contributed by atoms with Crippen molar-refractivity contribution >= 4 is 9.04 Å². The van der Waals surface area contributed by atoms with Crippen molar-refractivity contribution in [3.8, 4) is 17.8 Å². The Hall–Kier alpha value is -1.40. The predicted molar refractivity (Wildman–Crippen MR) is 82.6 cm³/mol. The molecule has 104 valence electrons. The van der Waals surface area contributed by atoms with E-state index in [2.05, 4.69) is 45.9 Å². The van der Waals surface area contributed by atoms with Crippen LogP contribution in [0, 0.1) is 23.4 Å². The maximum absolute atomic E-state index is 5.81. The number of para-hydroxylation sites is 1. The van der Waals surface area contributed by atoms with Gasteiger partial charge < -0.3 is 9.16 Å². The van der Waals surface area contributed by atoms with E-state index < -0.39 is 9.04 Å². The average molecular weight is 276 g/mol. The van der Waals surface area contributed by atoms with Crippen molar-refractivity contribution in [3.05, 3.63) is 30.3 Å². The fourth-order valence-corrected chi connectivity index (χ4v) is 1.73. The van der Waals surface area contributed by atoms with Gasteiger partial charge in [-0.15, -0.1) is 0 Å². The van der Waals surface area contributed by atoms with E-state index in [0.29, 0.717) is 6.61 Å². The van der Waals surface area contributed by atoms with Gasteiger partial charge in [0, 0.05) is 0 Å². The van der Waals surface area contributed by atoms with Crippen molar-refractivity contribution in [2.24, 2.45) is 11.3 Å². The van der Waals surface area contributed by atoms with Crippen LogP contribution in [0.1, 0.15) is 20.8 Å². The van der Waals surface area contributed by atoms with Gasteiger partial charge in [0.1, 0.15) is 12.4 Å². The third kappa shape index (κ3) is 6.35. The lowest BCUT2D eigenvalue weighted by Crippen LogP contribution is -2.25. The van der Waals surface area contributed by atoms with Gasteiger partial charge in [-0.2, -0.15) is 0 Å². The summed E-state index contributed by atoms with van der Waals surface area (Å²) in [5.74, 6) is 4.24. The molecule has 19 heavy (non-hydrogen) atoms.